The fraction of sp³-hybridized carbons (Fsp3) is 0.667. The Morgan fingerprint density at radius 2 is 2.21 bits per heavy atom. The average Bonchev–Trinajstić information content (AvgIpc) is 2.82. The van der Waals surface area contributed by atoms with Crippen molar-refractivity contribution in [3.8, 4) is 0 Å². The van der Waals surface area contributed by atoms with Gasteiger partial charge in [0.2, 0.25) is 0 Å². The molecule has 1 aliphatic heterocycles. The Hall–Kier alpha value is -0.760. The van der Waals surface area contributed by atoms with Crippen LogP contribution in [-0.2, 0) is 9.47 Å². The van der Waals surface area contributed by atoms with E-state index in [9.17, 15) is 0 Å². The maximum absolute atomic E-state index is 5.55. The van der Waals surface area contributed by atoms with Gasteiger partial charge in [-0.1, -0.05) is 26.0 Å². The van der Waals surface area contributed by atoms with Gasteiger partial charge >= 0.3 is 0 Å². The van der Waals surface area contributed by atoms with Crippen molar-refractivity contribution in [3.63, 3.8) is 0 Å². The highest BCUT2D eigenvalue weighted by atomic mass is 16.6. The highest BCUT2D eigenvalue weighted by molar-refractivity contribution is 5.09. The van der Waals surface area contributed by atoms with Crippen LogP contribution in [0.25, 0.3) is 0 Å². The molecule has 1 atom stereocenters. The van der Waals surface area contributed by atoms with Crippen LogP contribution in [0.2, 0.25) is 0 Å². The van der Waals surface area contributed by atoms with Gasteiger partial charge in [0.05, 0.1) is 12.4 Å². The fourth-order valence-electron chi connectivity index (χ4n) is 1.43. The van der Waals surface area contributed by atoms with Gasteiger partial charge < -0.3 is 9.47 Å². The average molecular weight is 196 g/mol. The summed E-state index contributed by atoms with van der Waals surface area (Å²) in [4.78, 5) is 0. The second kappa shape index (κ2) is 4.65. The molecule has 0 amide bonds. The van der Waals surface area contributed by atoms with Crippen molar-refractivity contribution in [2.45, 2.75) is 33.8 Å². The molecule has 0 saturated carbocycles. The first-order chi connectivity index (χ1) is 6.53. The standard InChI is InChI=1S/C12H20O2/c1-5-6-12(3,4)7-10(2)13-8-11-9-14-11/h5-7,11H,8-9H2,1-4H3/b6-5-,10-7+. The molecular weight excluding hydrogens is 176 g/mol. The molecule has 0 aromatic rings. The second-order valence-corrected chi connectivity index (χ2v) is 4.34. The van der Waals surface area contributed by atoms with Crippen LogP contribution in [0.1, 0.15) is 27.7 Å². The van der Waals surface area contributed by atoms with E-state index in [-0.39, 0.29) is 5.41 Å². The Balaban J connectivity index is 2.38. The summed E-state index contributed by atoms with van der Waals surface area (Å²) >= 11 is 0. The van der Waals surface area contributed by atoms with Crippen molar-refractivity contribution in [1.82, 2.24) is 0 Å². The highest BCUT2D eigenvalue weighted by Crippen LogP contribution is 2.22. The normalized spacial score (nSPS) is 22.9. The molecule has 1 saturated heterocycles. The van der Waals surface area contributed by atoms with Crippen molar-refractivity contribution >= 4 is 0 Å². The lowest BCUT2D eigenvalue weighted by Crippen LogP contribution is -2.06. The lowest BCUT2D eigenvalue weighted by atomic mass is 9.92. The van der Waals surface area contributed by atoms with Crippen LogP contribution in [0.4, 0.5) is 0 Å². The summed E-state index contributed by atoms with van der Waals surface area (Å²) in [6.07, 6.45) is 6.69. The maximum atomic E-state index is 5.55. The minimum absolute atomic E-state index is 0.0727. The molecule has 0 bridgehead atoms. The van der Waals surface area contributed by atoms with Gasteiger partial charge in [-0.2, -0.15) is 0 Å². The number of hydrogen-bond acceptors (Lipinski definition) is 2. The summed E-state index contributed by atoms with van der Waals surface area (Å²) in [5.74, 6) is 0.976. The molecule has 0 spiro atoms. The first-order valence-electron chi connectivity index (χ1n) is 5.11. The van der Waals surface area contributed by atoms with E-state index in [4.69, 9.17) is 9.47 Å². The molecule has 1 fully saturated rings. The van der Waals surface area contributed by atoms with Crippen LogP contribution in [0.5, 0.6) is 0 Å². The Morgan fingerprint density at radius 3 is 2.71 bits per heavy atom. The van der Waals surface area contributed by atoms with E-state index in [0.717, 1.165) is 12.4 Å². The lowest BCUT2D eigenvalue weighted by molar-refractivity contribution is 0.181. The molecule has 1 heterocycles. The molecule has 1 rings (SSSR count). The molecule has 0 aliphatic carbocycles. The molecule has 0 aromatic carbocycles. The lowest BCUT2D eigenvalue weighted by Gasteiger charge is -2.16. The topological polar surface area (TPSA) is 21.8 Å². The van der Waals surface area contributed by atoms with Crippen molar-refractivity contribution in [1.29, 1.82) is 0 Å². The van der Waals surface area contributed by atoms with Gasteiger partial charge in [-0.15, -0.1) is 0 Å². The number of hydrogen-bond donors (Lipinski definition) is 0. The monoisotopic (exact) mass is 196 g/mol. The molecule has 0 radical (unpaired) electrons. The zero-order chi connectivity index (χ0) is 10.6. The van der Waals surface area contributed by atoms with Crippen LogP contribution in [-0.4, -0.2) is 19.3 Å². The quantitative estimate of drug-likeness (QED) is 0.383. The third kappa shape index (κ3) is 4.47. The predicted molar refractivity (Wildman–Crippen MR) is 58.0 cm³/mol. The third-order valence-corrected chi connectivity index (χ3v) is 2.07. The van der Waals surface area contributed by atoms with Gasteiger partial charge in [-0.25, -0.2) is 0 Å². The number of allylic oxidation sites excluding steroid dienone is 4. The fourth-order valence-corrected chi connectivity index (χ4v) is 1.43. The first kappa shape index (κ1) is 11.3. The third-order valence-electron chi connectivity index (χ3n) is 2.07. The molecule has 2 nitrogen and oxygen atoms in total. The Kier molecular flexibility index (Phi) is 3.76. The molecule has 1 unspecified atom stereocenters. The Labute approximate surface area is 86.6 Å². The molecular formula is C12H20O2. The largest absolute Gasteiger partial charge is 0.496 e. The highest BCUT2D eigenvalue weighted by Gasteiger charge is 2.23. The minimum Gasteiger partial charge on any atom is -0.496 e. The number of epoxide rings is 1. The van der Waals surface area contributed by atoms with Crippen LogP contribution in [0.3, 0.4) is 0 Å². The van der Waals surface area contributed by atoms with Gasteiger partial charge in [0.1, 0.15) is 12.7 Å². The summed E-state index contributed by atoms with van der Waals surface area (Å²) in [7, 11) is 0. The Morgan fingerprint density at radius 1 is 1.57 bits per heavy atom. The van der Waals surface area contributed by atoms with Crippen LogP contribution in [0.15, 0.2) is 24.0 Å². The van der Waals surface area contributed by atoms with Crippen LogP contribution in [0, 0.1) is 5.41 Å². The molecule has 14 heavy (non-hydrogen) atoms. The van der Waals surface area contributed by atoms with Gasteiger partial charge in [0.15, 0.2) is 0 Å². The van der Waals surface area contributed by atoms with Gasteiger partial charge in [-0.3, -0.25) is 0 Å². The van der Waals surface area contributed by atoms with Crippen molar-refractivity contribution < 1.29 is 9.47 Å². The molecule has 80 valence electrons. The van der Waals surface area contributed by atoms with Gasteiger partial charge in [-0.05, 0) is 19.9 Å². The van der Waals surface area contributed by atoms with E-state index in [1.807, 2.05) is 13.8 Å². The summed E-state index contributed by atoms with van der Waals surface area (Å²) in [6, 6.07) is 0. The SMILES string of the molecule is C/C=C\C(C)(C)/C=C(\C)OCC1CO1. The van der Waals surface area contributed by atoms with Crippen molar-refractivity contribution in [2.24, 2.45) is 5.41 Å². The van der Waals surface area contributed by atoms with E-state index in [0.29, 0.717) is 12.7 Å². The molecule has 0 aromatic heterocycles. The van der Waals surface area contributed by atoms with Crippen molar-refractivity contribution in [2.75, 3.05) is 13.2 Å². The van der Waals surface area contributed by atoms with Crippen LogP contribution >= 0.6 is 0 Å². The van der Waals surface area contributed by atoms with E-state index >= 15 is 0 Å². The van der Waals surface area contributed by atoms with Crippen molar-refractivity contribution in [3.05, 3.63) is 24.0 Å². The first-order valence-corrected chi connectivity index (χ1v) is 5.11. The number of rotatable bonds is 5. The minimum atomic E-state index is 0.0727. The summed E-state index contributed by atoms with van der Waals surface area (Å²) < 4.78 is 10.6. The van der Waals surface area contributed by atoms with E-state index < -0.39 is 0 Å². The van der Waals surface area contributed by atoms with E-state index in [2.05, 4.69) is 32.1 Å². The van der Waals surface area contributed by atoms with Crippen LogP contribution < -0.4 is 0 Å². The number of ether oxygens (including phenoxy) is 2. The summed E-state index contributed by atoms with van der Waals surface area (Å²) in [6.45, 7) is 9.89. The molecule has 1 aliphatic rings. The molecule has 0 N–H and O–H groups in total. The molecule has 2 heteroatoms. The van der Waals surface area contributed by atoms with Gasteiger partial charge in [0, 0.05) is 5.41 Å². The zero-order valence-electron chi connectivity index (χ0n) is 9.54. The summed E-state index contributed by atoms with van der Waals surface area (Å²) in [5, 5.41) is 0. The second-order valence-electron chi connectivity index (χ2n) is 4.34. The van der Waals surface area contributed by atoms with E-state index in [1.54, 1.807) is 0 Å². The maximum Gasteiger partial charge on any atom is 0.116 e. The predicted octanol–water partition coefficient (Wildman–Crippen LogP) is 2.91. The zero-order valence-corrected chi connectivity index (χ0v) is 9.54. The Bertz CT molecular complexity index is 235. The van der Waals surface area contributed by atoms with E-state index in [1.165, 1.54) is 0 Å². The van der Waals surface area contributed by atoms with Gasteiger partial charge in [0.25, 0.3) is 0 Å². The summed E-state index contributed by atoms with van der Waals surface area (Å²) in [5.41, 5.74) is 0.0727. The smallest absolute Gasteiger partial charge is 0.116 e.